The molecular weight excluding hydrogens is 450 g/mol. The summed E-state index contributed by atoms with van der Waals surface area (Å²) in [6.45, 7) is 13.7. The topological polar surface area (TPSA) is 82.1 Å². The Labute approximate surface area is 205 Å². The van der Waals surface area contributed by atoms with Crippen molar-refractivity contribution in [2.45, 2.75) is 78.3 Å². The summed E-state index contributed by atoms with van der Waals surface area (Å²) in [7, 11) is -0.237. The minimum Gasteiger partial charge on any atom is -0.465 e. The van der Waals surface area contributed by atoms with Gasteiger partial charge in [-0.25, -0.2) is 0 Å². The Morgan fingerprint density at radius 2 is 1.91 bits per heavy atom. The van der Waals surface area contributed by atoms with E-state index in [9.17, 15) is 14.4 Å². The van der Waals surface area contributed by atoms with Crippen LogP contribution in [0.3, 0.4) is 0 Å². The molecule has 1 aliphatic heterocycles. The number of hydrogen-bond acceptors (Lipinski definition) is 7. The molecule has 0 aromatic heterocycles. The number of rotatable bonds is 9. The largest absolute Gasteiger partial charge is 0.465 e. The fraction of sp³-hybridized carbons (Fsp3) is 0.808. The molecule has 3 rings (SSSR count). The molecular formula is C26H43NO6Si. The highest BCUT2D eigenvalue weighted by Gasteiger charge is 2.66. The SMILES string of the molecule is CCOC(=O)[C@]12CC[C@H](OC)[C@](CC3CC=CC(O[Si](C)(C)C)C3C(C)=O)(CN(CC)C1)C2=O. The first kappa shape index (κ1) is 27.2. The molecule has 3 unspecified atom stereocenters. The summed E-state index contributed by atoms with van der Waals surface area (Å²) in [6, 6.07) is 0. The van der Waals surface area contributed by atoms with Gasteiger partial charge in [0.05, 0.1) is 24.2 Å². The molecule has 0 spiro atoms. The quantitative estimate of drug-likeness (QED) is 0.210. The van der Waals surface area contributed by atoms with Crippen molar-refractivity contribution in [2.24, 2.45) is 22.7 Å². The van der Waals surface area contributed by atoms with Crippen LogP contribution in [0.15, 0.2) is 12.2 Å². The van der Waals surface area contributed by atoms with Crippen LogP contribution < -0.4 is 0 Å². The van der Waals surface area contributed by atoms with Gasteiger partial charge in [-0.1, -0.05) is 19.1 Å². The number of ketones is 2. The summed E-state index contributed by atoms with van der Waals surface area (Å²) in [5.74, 6) is -0.747. The predicted octanol–water partition coefficient (Wildman–Crippen LogP) is 3.63. The number of ether oxygens (including phenoxy) is 2. The number of hydrogen-bond donors (Lipinski definition) is 0. The van der Waals surface area contributed by atoms with E-state index in [4.69, 9.17) is 13.9 Å². The van der Waals surface area contributed by atoms with Gasteiger partial charge in [0, 0.05) is 26.1 Å². The molecule has 1 heterocycles. The number of carbonyl (C=O) groups is 3. The summed E-state index contributed by atoms with van der Waals surface area (Å²) in [6.07, 6.45) is 5.81. The zero-order valence-electron chi connectivity index (χ0n) is 22.0. The standard InChI is InChI=1S/C26H43NO6Si/c1-8-27-16-25(24(30)32-9-2)14-13-21(31-4)26(17-27,23(25)29)15-19-11-10-12-20(22(19)18(3)28)33-34(5,6)7/h10,12,19-22H,8-9,11,13-17H2,1-7H3/t19?,20?,21-,22?,25+,26-/m0/s1. The lowest BCUT2D eigenvalue weighted by Gasteiger charge is -2.57. The first-order chi connectivity index (χ1) is 15.9. The van der Waals surface area contributed by atoms with E-state index in [1.165, 1.54) is 0 Å². The first-order valence-electron chi connectivity index (χ1n) is 12.8. The number of likely N-dealkylation sites (tertiary alicyclic amines) is 1. The average molecular weight is 494 g/mol. The summed E-state index contributed by atoms with van der Waals surface area (Å²) in [5.41, 5.74) is -2.02. The number of esters is 1. The molecule has 2 aliphatic carbocycles. The van der Waals surface area contributed by atoms with Crippen LogP contribution in [0.4, 0.5) is 0 Å². The maximum atomic E-state index is 14.3. The van der Waals surface area contributed by atoms with Crippen LogP contribution in [0.2, 0.25) is 19.6 Å². The van der Waals surface area contributed by atoms with Crippen LogP contribution in [0.25, 0.3) is 0 Å². The number of carbonyl (C=O) groups excluding carboxylic acids is 3. The van der Waals surface area contributed by atoms with Crippen LogP contribution in [-0.2, 0) is 28.3 Å². The van der Waals surface area contributed by atoms with E-state index >= 15 is 0 Å². The van der Waals surface area contributed by atoms with Crippen molar-refractivity contribution in [3.05, 3.63) is 12.2 Å². The molecule has 8 heteroatoms. The highest BCUT2D eigenvalue weighted by atomic mass is 28.4. The molecule has 0 radical (unpaired) electrons. The monoisotopic (exact) mass is 493 g/mol. The maximum absolute atomic E-state index is 14.3. The van der Waals surface area contributed by atoms with Crippen LogP contribution in [-0.4, -0.2) is 76.3 Å². The Balaban J connectivity index is 2.03. The van der Waals surface area contributed by atoms with Crippen molar-refractivity contribution >= 4 is 25.9 Å². The van der Waals surface area contributed by atoms with Gasteiger partial charge in [0.25, 0.3) is 0 Å². The van der Waals surface area contributed by atoms with Crippen molar-refractivity contribution in [2.75, 3.05) is 33.4 Å². The Morgan fingerprint density at radius 3 is 2.47 bits per heavy atom. The van der Waals surface area contributed by atoms with Gasteiger partial charge in [0.15, 0.2) is 14.1 Å². The third-order valence-electron chi connectivity index (χ3n) is 7.95. The van der Waals surface area contributed by atoms with Crippen LogP contribution >= 0.6 is 0 Å². The van der Waals surface area contributed by atoms with E-state index in [0.29, 0.717) is 38.8 Å². The van der Waals surface area contributed by atoms with Gasteiger partial charge >= 0.3 is 5.97 Å². The minimum atomic E-state index is -1.89. The predicted molar refractivity (Wildman–Crippen MR) is 133 cm³/mol. The highest BCUT2D eigenvalue weighted by molar-refractivity contribution is 6.69. The number of piperidine rings is 1. The highest BCUT2D eigenvalue weighted by Crippen LogP contribution is 2.54. The molecule has 7 nitrogen and oxygen atoms in total. The van der Waals surface area contributed by atoms with Crippen molar-refractivity contribution in [1.29, 1.82) is 0 Å². The lowest BCUT2D eigenvalue weighted by atomic mass is 9.53. The van der Waals surface area contributed by atoms with Gasteiger partial charge < -0.3 is 18.8 Å². The van der Waals surface area contributed by atoms with Crippen molar-refractivity contribution in [3.8, 4) is 0 Å². The smallest absolute Gasteiger partial charge is 0.320 e. The maximum Gasteiger partial charge on any atom is 0.320 e. The van der Waals surface area contributed by atoms with E-state index in [2.05, 4.69) is 37.5 Å². The second kappa shape index (κ2) is 10.3. The molecule has 1 saturated carbocycles. The number of fused-ring (bicyclic) bond motifs is 2. The number of Topliss-reactive ketones (excluding diaryl/α,β-unsaturated/α-hetero) is 2. The molecule has 1 saturated heterocycles. The lowest BCUT2D eigenvalue weighted by Crippen LogP contribution is -2.70. The molecule has 0 N–H and O–H groups in total. The average Bonchev–Trinajstić information content (AvgIpc) is 2.74. The Morgan fingerprint density at radius 1 is 1.21 bits per heavy atom. The minimum absolute atomic E-state index is 0.0548. The van der Waals surface area contributed by atoms with Gasteiger partial charge in [0.1, 0.15) is 11.2 Å². The second-order valence-electron chi connectivity index (χ2n) is 11.3. The molecule has 0 aromatic carbocycles. The van der Waals surface area contributed by atoms with E-state index in [-0.39, 0.29) is 42.2 Å². The van der Waals surface area contributed by atoms with Crippen LogP contribution in [0, 0.1) is 22.7 Å². The summed E-state index contributed by atoms with van der Waals surface area (Å²) in [4.78, 5) is 42.7. The fourth-order valence-electron chi connectivity index (χ4n) is 6.62. The van der Waals surface area contributed by atoms with E-state index in [1.807, 2.05) is 6.08 Å². The molecule has 0 amide bonds. The van der Waals surface area contributed by atoms with Gasteiger partial charge in [-0.05, 0) is 71.6 Å². The Hall–Kier alpha value is -1.35. The molecule has 34 heavy (non-hydrogen) atoms. The molecule has 2 fully saturated rings. The van der Waals surface area contributed by atoms with E-state index in [0.717, 1.165) is 6.54 Å². The van der Waals surface area contributed by atoms with Crippen LogP contribution in [0.1, 0.15) is 46.5 Å². The number of allylic oxidation sites excluding steroid dienone is 1. The second-order valence-corrected chi connectivity index (χ2v) is 15.8. The van der Waals surface area contributed by atoms with Gasteiger partial charge in [-0.2, -0.15) is 0 Å². The van der Waals surface area contributed by atoms with Gasteiger partial charge in [-0.15, -0.1) is 0 Å². The normalized spacial score (nSPS) is 36.4. The van der Waals surface area contributed by atoms with Gasteiger partial charge in [0.2, 0.25) is 0 Å². The van der Waals surface area contributed by atoms with Gasteiger partial charge in [-0.3, -0.25) is 14.4 Å². The third kappa shape index (κ3) is 4.97. The summed E-state index contributed by atoms with van der Waals surface area (Å²) >= 11 is 0. The number of nitrogens with zero attached hydrogens (tertiary/aromatic N) is 1. The summed E-state index contributed by atoms with van der Waals surface area (Å²) in [5, 5.41) is 0. The van der Waals surface area contributed by atoms with E-state index < -0.39 is 25.1 Å². The van der Waals surface area contributed by atoms with Crippen LogP contribution in [0.5, 0.6) is 0 Å². The third-order valence-corrected chi connectivity index (χ3v) is 8.92. The first-order valence-corrected chi connectivity index (χ1v) is 16.2. The Bertz CT molecular complexity index is 823. The molecule has 6 atom stereocenters. The molecule has 3 aliphatic rings. The van der Waals surface area contributed by atoms with E-state index in [1.54, 1.807) is 21.0 Å². The Kier molecular flexibility index (Phi) is 8.27. The van der Waals surface area contributed by atoms with Crippen molar-refractivity contribution < 1.29 is 28.3 Å². The zero-order chi connectivity index (χ0) is 25.3. The summed E-state index contributed by atoms with van der Waals surface area (Å²) < 4.78 is 17.8. The molecule has 192 valence electrons. The number of methoxy groups -OCH3 is 1. The zero-order valence-corrected chi connectivity index (χ0v) is 23.0. The van der Waals surface area contributed by atoms with Crippen molar-refractivity contribution in [1.82, 2.24) is 4.90 Å². The lowest BCUT2D eigenvalue weighted by molar-refractivity contribution is -0.190. The van der Waals surface area contributed by atoms with Crippen molar-refractivity contribution in [3.63, 3.8) is 0 Å². The fourth-order valence-corrected chi connectivity index (χ4v) is 7.66. The molecule has 0 aromatic rings. The molecule has 2 bridgehead atoms.